The summed E-state index contributed by atoms with van der Waals surface area (Å²) in [7, 11) is 0. The van der Waals surface area contributed by atoms with Crippen LogP contribution in [0.2, 0.25) is 0 Å². The Morgan fingerprint density at radius 3 is 2.85 bits per heavy atom. The molecule has 0 saturated carbocycles. The van der Waals surface area contributed by atoms with E-state index in [1.807, 2.05) is 12.1 Å². The number of benzene rings is 1. The van der Waals surface area contributed by atoms with Crippen molar-refractivity contribution in [2.24, 2.45) is 5.92 Å². The van der Waals surface area contributed by atoms with Crippen LogP contribution in [0.15, 0.2) is 12.1 Å². The Bertz CT molecular complexity index is 434. The molecule has 1 aliphatic heterocycles. The van der Waals surface area contributed by atoms with E-state index in [9.17, 15) is 0 Å². The smallest absolute Gasteiger partial charge is 0.189 e. The molecule has 5 nitrogen and oxygen atoms in total. The monoisotopic (exact) mass is 281 g/mol. The van der Waals surface area contributed by atoms with Crippen molar-refractivity contribution in [3.63, 3.8) is 0 Å². The van der Waals surface area contributed by atoms with Crippen molar-refractivity contribution < 1.29 is 18.9 Å². The van der Waals surface area contributed by atoms with Crippen molar-refractivity contribution in [2.75, 3.05) is 32.3 Å². The summed E-state index contributed by atoms with van der Waals surface area (Å²) < 4.78 is 21.9. The average molecular weight is 281 g/mol. The van der Waals surface area contributed by atoms with Crippen LogP contribution in [-0.4, -0.2) is 26.6 Å². The molecule has 1 aromatic rings. The molecule has 1 aliphatic rings. The van der Waals surface area contributed by atoms with Gasteiger partial charge in [-0.25, -0.2) is 0 Å². The van der Waals surface area contributed by atoms with Crippen molar-refractivity contribution in [2.45, 2.75) is 27.1 Å². The van der Waals surface area contributed by atoms with E-state index in [0.29, 0.717) is 38.0 Å². The molecule has 20 heavy (non-hydrogen) atoms. The summed E-state index contributed by atoms with van der Waals surface area (Å²) in [6.07, 6.45) is 0. The first-order valence-corrected chi connectivity index (χ1v) is 6.94. The molecule has 1 heterocycles. The van der Waals surface area contributed by atoms with E-state index in [0.717, 1.165) is 23.5 Å². The van der Waals surface area contributed by atoms with Crippen LogP contribution >= 0.6 is 0 Å². The van der Waals surface area contributed by atoms with Gasteiger partial charge in [0.2, 0.25) is 0 Å². The maximum absolute atomic E-state index is 5.88. The lowest BCUT2D eigenvalue weighted by molar-refractivity contribution is -0.0192. The lowest BCUT2D eigenvalue weighted by Crippen LogP contribution is -2.14. The van der Waals surface area contributed by atoms with Crippen molar-refractivity contribution in [1.82, 2.24) is 0 Å². The van der Waals surface area contributed by atoms with Crippen LogP contribution in [0.25, 0.3) is 0 Å². The van der Waals surface area contributed by atoms with Crippen molar-refractivity contribution in [3.05, 3.63) is 23.3 Å². The lowest BCUT2D eigenvalue weighted by Gasteiger charge is -2.21. The molecule has 0 bridgehead atoms. The van der Waals surface area contributed by atoms with E-state index >= 15 is 0 Å². The Balaban J connectivity index is 1.82. The molecular formula is C15H23NO4. The maximum Gasteiger partial charge on any atom is 0.189 e. The second kappa shape index (κ2) is 7.47. The molecule has 0 saturated heterocycles. The summed E-state index contributed by atoms with van der Waals surface area (Å²) >= 11 is 0. The summed E-state index contributed by atoms with van der Waals surface area (Å²) in [5.74, 6) is 1.39. The van der Waals surface area contributed by atoms with Crippen LogP contribution in [-0.2, 0) is 27.4 Å². The van der Waals surface area contributed by atoms with Crippen LogP contribution < -0.4 is 10.5 Å². The van der Waals surface area contributed by atoms with E-state index in [1.54, 1.807) is 0 Å². The minimum Gasteiger partial charge on any atom is -0.467 e. The Morgan fingerprint density at radius 2 is 2.05 bits per heavy atom. The SMILES string of the molecule is CC(C)COCCOCc1cc(N)cc2c1OCOC2. The van der Waals surface area contributed by atoms with Gasteiger partial charge < -0.3 is 24.7 Å². The van der Waals surface area contributed by atoms with Gasteiger partial charge in [0.1, 0.15) is 5.75 Å². The fourth-order valence-corrected chi connectivity index (χ4v) is 2.05. The van der Waals surface area contributed by atoms with Crippen LogP contribution in [0, 0.1) is 5.92 Å². The zero-order valence-electron chi connectivity index (χ0n) is 12.2. The first-order chi connectivity index (χ1) is 9.66. The van der Waals surface area contributed by atoms with Crippen molar-refractivity contribution in [3.8, 4) is 5.75 Å². The zero-order chi connectivity index (χ0) is 14.4. The Hall–Kier alpha value is -1.30. The molecule has 0 amide bonds. The van der Waals surface area contributed by atoms with E-state index in [2.05, 4.69) is 13.8 Å². The van der Waals surface area contributed by atoms with E-state index in [1.165, 1.54) is 0 Å². The Morgan fingerprint density at radius 1 is 1.25 bits per heavy atom. The number of hydrogen-bond acceptors (Lipinski definition) is 5. The quantitative estimate of drug-likeness (QED) is 0.614. The molecule has 2 rings (SSSR count). The third-order valence-electron chi connectivity index (χ3n) is 2.89. The fourth-order valence-electron chi connectivity index (χ4n) is 2.05. The van der Waals surface area contributed by atoms with E-state index in [4.69, 9.17) is 24.7 Å². The van der Waals surface area contributed by atoms with Gasteiger partial charge in [-0.15, -0.1) is 0 Å². The Labute approximate surface area is 120 Å². The lowest BCUT2D eigenvalue weighted by atomic mass is 10.1. The molecule has 0 aromatic heterocycles. The minimum absolute atomic E-state index is 0.279. The molecule has 0 atom stereocenters. The van der Waals surface area contributed by atoms with E-state index in [-0.39, 0.29) is 6.79 Å². The second-order valence-electron chi connectivity index (χ2n) is 5.30. The summed E-state index contributed by atoms with van der Waals surface area (Å²) in [6, 6.07) is 3.77. The standard InChI is InChI=1S/C15H23NO4/c1-11(2)7-17-3-4-18-8-12-5-14(16)6-13-9-19-10-20-15(12)13/h5-6,11H,3-4,7-10,16H2,1-2H3. The van der Waals surface area contributed by atoms with Gasteiger partial charge in [0, 0.05) is 23.4 Å². The van der Waals surface area contributed by atoms with Crippen LogP contribution in [0.5, 0.6) is 5.75 Å². The highest BCUT2D eigenvalue weighted by atomic mass is 16.7. The maximum atomic E-state index is 5.88. The van der Waals surface area contributed by atoms with Gasteiger partial charge in [0.15, 0.2) is 6.79 Å². The molecule has 0 aliphatic carbocycles. The fraction of sp³-hybridized carbons (Fsp3) is 0.600. The average Bonchev–Trinajstić information content (AvgIpc) is 2.42. The predicted molar refractivity (Wildman–Crippen MR) is 76.5 cm³/mol. The highest BCUT2D eigenvalue weighted by molar-refractivity contribution is 5.53. The van der Waals surface area contributed by atoms with Crippen molar-refractivity contribution >= 4 is 5.69 Å². The molecule has 0 radical (unpaired) electrons. The topological polar surface area (TPSA) is 62.9 Å². The first-order valence-electron chi connectivity index (χ1n) is 6.94. The van der Waals surface area contributed by atoms with Crippen LogP contribution in [0.1, 0.15) is 25.0 Å². The van der Waals surface area contributed by atoms with Gasteiger partial charge in [-0.3, -0.25) is 0 Å². The molecule has 5 heteroatoms. The molecule has 0 spiro atoms. The number of nitrogen functional groups attached to an aromatic ring is 1. The van der Waals surface area contributed by atoms with Gasteiger partial charge in [-0.05, 0) is 18.1 Å². The summed E-state index contributed by atoms with van der Waals surface area (Å²) in [6.45, 7) is 7.46. The zero-order valence-corrected chi connectivity index (χ0v) is 12.2. The summed E-state index contributed by atoms with van der Waals surface area (Å²) in [4.78, 5) is 0. The number of hydrogen-bond donors (Lipinski definition) is 1. The normalized spacial score (nSPS) is 14.2. The van der Waals surface area contributed by atoms with Crippen molar-refractivity contribution in [1.29, 1.82) is 0 Å². The molecular weight excluding hydrogens is 258 g/mol. The van der Waals surface area contributed by atoms with Gasteiger partial charge in [0.05, 0.1) is 26.4 Å². The number of nitrogens with two attached hydrogens (primary N) is 1. The van der Waals surface area contributed by atoms with Crippen LogP contribution in [0.3, 0.4) is 0 Å². The molecule has 1 aromatic carbocycles. The van der Waals surface area contributed by atoms with Gasteiger partial charge in [-0.1, -0.05) is 13.8 Å². The number of anilines is 1. The minimum atomic E-state index is 0.279. The summed E-state index contributed by atoms with van der Waals surface area (Å²) in [5.41, 5.74) is 8.52. The third kappa shape index (κ3) is 4.37. The number of ether oxygens (including phenoxy) is 4. The van der Waals surface area contributed by atoms with E-state index < -0.39 is 0 Å². The van der Waals surface area contributed by atoms with Gasteiger partial charge >= 0.3 is 0 Å². The largest absolute Gasteiger partial charge is 0.467 e. The molecule has 0 unspecified atom stereocenters. The predicted octanol–water partition coefficient (Wildman–Crippen LogP) is 2.32. The second-order valence-corrected chi connectivity index (χ2v) is 5.30. The molecule has 0 fully saturated rings. The van der Waals surface area contributed by atoms with Gasteiger partial charge in [-0.2, -0.15) is 0 Å². The number of fused-ring (bicyclic) bond motifs is 1. The molecule has 112 valence electrons. The summed E-state index contributed by atoms with van der Waals surface area (Å²) in [5, 5.41) is 0. The van der Waals surface area contributed by atoms with Crippen LogP contribution in [0.4, 0.5) is 5.69 Å². The first kappa shape index (κ1) is 15.1. The highest BCUT2D eigenvalue weighted by Crippen LogP contribution is 2.31. The number of rotatable bonds is 7. The van der Waals surface area contributed by atoms with Gasteiger partial charge in [0.25, 0.3) is 0 Å². The highest BCUT2D eigenvalue weighted by Gasteiger charge is 2.16. The Kier molecular flexibility index (Phi) is 5.64. The molecule has 2 N–H and O–H groups in total. The third-order valence-corrected chi connectivity index (χ3v) is 2.89.